The number of hydrogen-bond donors (Lipinski definition) is 2. The molecular weight excluding hydrogens is 288 g/mol. The highest BCUT2D eigenvalue weighted by molar-refractivity contribution is 5.55. The molecule has 3 fully saturated rings. The van der Waals surface area contributed by atoms with Crippen LogP contribution in [0.25, 0.3) is 6.08 Å². The largest absolute Gasteiger partial charge is 0.465 e. The summed E-state index contributed by atoms with van der Waals surface area (Å²) in [6.07, 6.45) is 12.9. The molecule has 5 rings (SSSR count). The van der Waals surface area contributed by atoms with Crippen LogP contribution >= 0.6 is 0 Å². The van der Waals surface area contributed by atoms with E-state index in [1.165, 1.54) is 18.4 Å². The summed E-state index contributed by atoms with van der Waals surface area (Å²) in [5.41, 5.74) is 0.914. The molecule has 23 heavy (non-hydrogen) atoms. The molecule has 3 nitrogen and oxygen atoms in total. The molecule has 2 bridgehead atoms. The Morgan fingerprint density at radius 2 is 2.17 bits per heavy atom. The number of hydrogen-bond acceptors (Lipinski definition) is 3. The molecule has 2 unspecified atom stereocenters. The minimum Gasteiger partial charge on any atom is -0.465 e. The molecule has 1 heterocycles. The molecule has 4 aliphatic carbocycles. The lowest BCUT2D eigenvalue weighted by Gasteiger charge is -2.58. The highest BCUT2D eigenvalue weighted by atomic mass is 16.3. The Morgan fingerprint density at radius 1 is 1.30 bits per heavy atom. The standard InChI is InChI=1S/C20H26O3/c1-18-7-5-16-14(6-9-23-16)15(18)4-8-19-10-13(2-3-17(18)19)20(22,11-19)12-21/h5-7,9,13,15,17,21-22H,2-4,8,10-12H2,1H3/t13?,15-,17?,18-,19+,20+/m1/s1. The van der Waals surface area contributed by atoms with Crippen molar-refractivity contribution in [3.8, 4) is 0 Å². The summed E-state index contributed by atoms with van der Waals surface area (Å²) in [5.74, 6) is 2.47. The van der Waals surface area contributed by atoms with E-state index in [1.807, 2.05) is 6.26 Å². The lowest BCUT2D eigenvalue weighted by atomic mass is 9.46. The lowest BCUT2D eigenvalue weighted by Crippen LogP contribution is -2.49. The Bertz CT molecular complexity index is 676. The highest BCUT2D eigenvalue weighted by Crippen LogP contribution is 2.71. The first-order valence-electron chi connectivity index (χ1n) is 9.11. The zero-order valence-corrected chi connectivity index (χ0v) is 13.8. The Morgan fingerprint density at radius 3 is 3.00 bits per heavy atom. The molecule has 0 amide bonds. The molecule has 0 aliphatic heterocycles. The van der Waals surface area contributed by atoms with Crippen LogP contribution in [0, 0.1) is 22.7 Å². The lowest BCUT2D eigenvalue weighted by molar-refractivity contribution is -0.0517. The van der Waals surface area contributed by atoms with Crippen molar-refractivity contribution < 1.29 is 14.6 Å². The predicted octanol–water partition coefficient (Wildman–Crippen LogP) is 3.72. The van der Waals surface area contributed by atoms with Crippen molar-refractivity contribution in [2.75, 3.05) is 6.61 Å². The molecule has 3 heteroatoms. The monoisotopic (exact) mass is 314 g/mol. The van der Waals surface area contributed by atoms with E-state index >= 15 is 0 Å². The molecule has 2 N–H and O–H groups in total. The molecule has 0 saturated heterocycles. The maximum absolute atomic E-state index is 10.9. The van der Waals surface area contributed by atoms with Crippen molar-refractivity contribution in [3.63, 3.8) is 0 Å². The van der Waals surface area contributed by atoms with E-state index in [1.54, 1.807) is 0 Å². The van der Waals surface area contributed by atoms with Crippen LogP contribution in [0.5, 0.6) is 0 Å². The molecule has 0 radical (unpaired) electrons. The van der Waals surface area contributed by atoms with Gasteiger partial charge in [-0.15, -0.1) is 0 Å². The van der Waals surface area contributed by atoms with Gasteiger partial charge in [0.05, 0.1) is 18.5 Å². The maximum Gasteiger partial charge on any atom is 0.129 e. The number of aliphatic hydroxyl groups excluding tert-OH is 1. The van der Waals surface area contributed by atoms with Crippen LogP contribution in [0.2, 0.25) is 0 Å². The van der Waals surface area contributed by atoms with E-state index in [0.29, 0.717) is 17.8 Å². The second-order valence-corrected chi connectivity index (χ2v) is 8.86. The summed E-state index contributed by atoms with van der Waals surface area (Å²) in [6, 6.07) is 2.16. The van der Waals surface area contributed by atoms with Crippen LogP contribution in [0.1, 0.15) is 62.7 Å². The van der Waals surface area contributed by atoms with Crippen LogP contribution in [0.15, 0.2) is 22.8 Å². The maximum atomic E-state index is 10.9. The second-order valence-electron chi connectivity index (χ2n) is 8.86. The molecule has 1 spiro atoms. The summed E-state index contributed by atoms with van der Waals surface area (Å²) in [7, 11) is 0. The molecule has 0 aromatic carbocycles. The summed E-state index contributed by atoms with van der Waals surface area (Å²) in [5, 5.41) is 20.7. The van der Waals surface area contributed by atoms with Gasteiger partial charge in [-0.2, -0.15) is 0 Å². The normalized spacial score (nSPS) is 50.3. The molecule has 1 aromatic heterocycles. The van der Waals surface area contributed by atoms with Gasteiger partial charge >= 0.3 is 0 Å². The van der Waals surface area contributed by atoms with Crippen LogP contribution in [-0.2, 0) is 0 Å². The number of furan rings is 1. The summed E-state index contributed by atoms with van der Waals surface area (Å²) < 4.78 is 5.64. The van der Waals surface area contributed by atoms with Gasteiger partial charge in [-0.05, 0) is 79.3 Å². The Kier molecular flexibility index (Phi) is 2.68. The fraction of sp³-hybridized carbons (Fsp3) is 0.700. The van der Waals surface area contributed by atoms with Gasteiger partial charge in [-0.3, -0.25) is 0 Å². The van der Waals surface area contributed by atoms with Crippen molar-refractivity contribution in [2.24, 2.45) is 22.7 Å². The third-order valence-electron chi connectivity index (χ3n) is 8.02. The van der Waals surface area contributed by atoms with E-state index in [4.69, 9.17) is 4.42 Å². The van der Waals surface area contributed by atoms with Crippen molar-refractivity contribution in [2.45, 2.75) is 57.0 Å². The van der Waals surface area contributed by atoms with Gasteiger partial charge in [0, 0.05) is 5.56 Å². The zero-order chi connectivity index (χ0) is 15.9. The second kappa shape index (κ2) is 4.31. The van der Waals surface area contributed by atoms with Gasteiger partial charge in [-0.25, -0.2) is 0 Å². The van der Waals surface area contributed by atoms with Crippen LogP contribution < -0.4 is 0 Å². The van der Waals surface area contributed by atoms with Crippen LogP contribution in [0.4, 0.5) is 0 Å². The SMILES string of the molecule is C[C@@]12C=Cc3occc3[C@H]1CC[C@@]13CC(CCC12)[C@@](O)(CO)C3. The first kappa shape index (κ1) is 14.3. The molecule has 1 aromatic rings. The summed E-state index contributed by atoms with van der Waals surface area (Å²) in [4.78, 5) is 0. The number of aliphatic hydroxyl groups is 2. The van der Waals surface area contributed by atoms with E-state index in [-0.39, 0.29) is 17.4 Å². The minimum absolute atomic E-state index is 0.0754. The quantitative estimate of drug-likeness (QED) is 0.830. The molecule has 124 valence electrons. The first-order chi connectivity index (χ1) is 11.0. The van der Waals surface area contributed by atoms with Crippen molar-refractivity contribution in [3.05, 3.63) is 29.7 Å². The molecular formula is C20H26O3. The molecule has 6 atom stereocenters. The van der Waals surface area contributed by atoms with Gasteiger partial charge in [0.1, 0.15) is 5.76 Å². The average molecular weight is 314 g/mol. The Hall–Kier alpha value is -1.06. The highest BCUT2D eigenvalue weighted by Gasteiger charge is 2.65. The van der Waals surface area contributed by atoms with E-state index in [0.717, 1.165) is 31.4 Å². The third-order valence-corrected chi connectivity index (χ3v) is 8.02. The summed E-state index contributed by atoms with van der Waals surface area (Å²) in [6.45, 7) is 2.35. The van der Waals surface area contributed by atoms with Gasteiger partial charge in [0.2, 0.25) is 0 Å². The van der Waals surface area contributed by atoms with Crippen LogP contribution in [-0.4, -0.2) is 22.4 Å². The number of fused-ring (bicyclic) bond motifs is 5. The number of allylic oxidation sites excluding steroid dienone is 1. The fourth-order valence-electron chi connectivity index (χ4n) is 7.06. The minimum atomic E-state index is -0.836. The Balaban J connectivity index is 1.58. The first-order valence-corrected chi connectivity index (χ1v) is 9.11. The fourth-order valence-corrected chi connectivity index (χ4v) is 7.06. The number of rotatable bonds is 1. The summed E-state index contributed by atoms with van der Waals surface area (Å²) >= 11 is 0. The third kappa shape index (κ3) is 1.63. The van der Waals surface area contributed by atoms with Gasteiger partial charge in [0.25, 0.3) is 0 Å². The van der Waals surface area contributed by atoms with Crippen molar-refractivity contribution >= 4 is 6.08 Å². The predicted molar refractivity (Wildman–Crippen MR) is 87.7 cm³/mol. The van der Waals surface area contributed by atoms with Gasteiger partial charge in [-0.1, -0.05) is 13.0 Å². The Labute approximate surface area is 137 Å². The topological polar surface area (TPSA) is 53.6 Å². The van der Waals surface area contributed by atoms with Gasteiger partial charge < -0.3 is 14.6 Å². The van der Waals surface area contributed by atoms with Crippen molar-refractivity contribution in [1.82, 2.24) is 0 Å². The molecule has 4 aliphatic rings. The van der Waals surface area contributed by atoms with Gasteiger partial charge in [0.15, 0.2) is 0 Å². The molecule has 3 saturated carbocycles. The average Bonchev–Trinajstić information content (AvgIpc) is 3.09. The van der Waals surface area contributed by atoms with Crippen molar-refractivity contribution in [1.29, 1.82) is 0 Å². The van der Waals surface area contributed by atoms with E-state index < -0.39 is 5.60 Å². The van der Waals surface area contributed by atoms with E-state index in [9.17, 15) is 10.2 Å². The zero-order valence-electron chi connectivity index (χ0n) is 13.8. The van der Waals surface area contributed by atoms with Crippen LogP contribution in [0.3, 0.4) is 0 Å². The smallest absolute Gasteiger partial charge is 0.129 e. The van der Waals surface area contributed by atoms with E-state index in [2.05, 4.69) is 25.1 Å².